The Bertz CT molecular complexity index is 962. The summed E-state index contributed by atoms with van der Waals surface area (Å²) in [5, 5.41) is 6.03. The van der Waals surface area contributed by atoms with Gasteiger partial charge in [0, 0.05) is 23.1 Å². The van der Waals surface area contributed by atoms with Crippen molar-refractivity contribution in [3.8, 4) is 0 Å². The molecule has 0 aliphatic heterocycles. The first-order valence-electron chi connectivity index (χ1n) is 9.10. The number of benzene rings is 1. The van der Waals surface area contributed by atoms with Crippen molar-refractivity contribution in [3.05, 3.63) is 69.9 Å². The van der Waals surface area contributed by atoms with E-state index in [1.807, 2.05) is 74.2 Å². The summed E-state index contributed by atoms with van der Waals surface area (Å²) in [7, 11) is 0. The van der Waals surface area contributed by atoms with E-state index in [0.29, 0.717) is 22.4 Å². The van der Waals surface area contributed by atoms with Crippen LogP contribution in [0.4, 0.5) is 5.13 Å². The van der Waals surface area contributed by atoms with E-state index in [1.54, 1.807) is 6.07 Å². The van der Waals surface area contributed by atoms with Crippen molar-refractivity contribution in [1.82, 2.24) is 9.55 Å². The molecule has 28 heavy (non-hydrogen) atoms. The van der Waals surface area contributed by atoms with Crippen molar-refractivity contribution in [2.24, 2.45) is 0 Å². The third-order valence-electron chi connectivity index (χ3n) is 4.23. The van der Waals surface area contributed by atoms with E-state index in [0.717, 1.165) is 11.3 Å². The van der Waals surface area contributed by atoms with Crippen LogP contribution in [0.25, 0.3) is 0 Å². The minimum atomic E-state index is -0.516. The summed E-state index contributed by atoms with van der Waals surface area (Å²) in [6.07, 6.45) is 1.95. The Kier molecular flexibility index (Phi) is 6.23. The lowest BCUT2D eigenvalue weighted by Crippen LogP contribution is -2.26. The predicted molar refractivity (Wildman–Crippen MR) is 114 cm³/mol. The molecule has 0 saturated carbocycles. The number of thiazole rings is 1. The van der Waals surface area contributed by atoms with Crippen LogP contribution in [-0.2, 0) is 16.9 Å². The fraction of sp³-hybridized carbons (Fsp3) is 0.333. The second kappa shape index (κ2) is 8.47. The Morgan fingerprint density at radius 1 is 1.29 bits per heavy atom. The summed E-state index contributed by atoms with van der Waals surface area (Å²) in [6, 6.07) is 11.2. The van der Waals surface area contributed by atoms with Gasteiger partial charge < -0.3 is 9.30 Å². The molecular formula is C21H24ClN3O2S. The highest BCUT2D eigenvalue weighted by Gasteiger charge is 2.26. The summed E-state index contributed by atoms with van der Waals surface area (Å²) in [5.41, 5.74) is 1.79. The molecule has 0 aliphatic rings. The molecular weight excluding hydrogens is 394 g/mol. The number of halogens is 1. The highest BCUT2D eigenvalue weighted by molar-refractivity contribution is 7.14. The molecule has 3 rings (SSSR count). The molecule has 148 valence electrons. The molecule has 0 unspecified atom stereocenters. The fourth-order valence-corrected chi connectivity index (χ4v) is 4.04. The maximum atomic E-state index is 12.8. The van der Waals surface area contributed by atoms with Crippen molar-refractivity contribution in [2.45, 2.75) is 45.9 Å². The number of rotatable bonds is 7. The average molecular weight is 418 g/mol. The number of carbonyl (C=O) groups is 1. The normalized spacial score (nSPS) is 11.8. The fourth-order valence-electron chi connectivity index (χ4n) is 2.99. The van der Waals surface area contributed by atoms with Crippen molar-refractivity contribution in [2.75, 3.05) is 5.32 Å². The van der Waals surface area contributed by atoms with Gasteiger partial charge in [-0.25, -0.2) is 4.98 Å². The smallest absolute Gasteiger partial charge is 0.274 e. The predicted octanol–water partition coefficient (Wildman–Crippen LogP) is 5.56. The average Bonchev–Trinajstić information content (AvgIpc) is 3.25. The molecule has 1 aromatic carbocycles. The van der Waals surface area contributed by atoms with Crippen LogP contribution in [0, 0.1) is 0 Å². The van der Waals surface area contributed by atoms with E-state index < -0.39 is 5.60 Å². The van der Waals surface area contributed by atoms with Crippen LogP contribution in [0.2, 0.25) is 5.02 Å². The molecule has 3 aromatic rings. The Balaban J connectivity index is 1.73. The largest absolute Gasteiger partial charge is 0.367 e. The minimum absolute atomic E-state index is 0.0860. The van der Waals surface area contributed by atoms with Gasteiger partial charge in [0.15, 0.2) is 5.13 Å². The first kappa shape index (κ1) is 20.6. The van der Waals surface area contributed by atoms with Crippen LogP contribution < -0.4 is 5.32 Å². The topological polar surface area (TPSA) is 56.1 Å². The Morgan fingerprint density at radius 3 is 2.75 bits per heavy atom. The first-order valence-corrected chi connectivity index (χ1v) is 10.4. The van der Waals surface area contributed by atoms with Gasteiger partial charge in [-0.1, -0.05) is 29.8 Å². The van der Waals surface area contributed by atoms with Gasteiger partial charge in [0.25, 0.3) is 5.91 Å². The molecule has 2 aromatic heterocycles. The molecule has 0 saturated heterocycles. The van der Waals surface area contributed by atoms with Crippen molar-refractivity contribution >= 4 is 34.0 Å². The van der Waals surface area contributed by atoms with E-state index in [1.165, 1.54) is 11.3 Å². The van der Waals surface area contributed by atoms with Crippen LogP contribution in [0.1, 0.15) is 49.4 Å². The van der Waals surface area contributed by atoms with Crippen molar-refractivity contribution < 1.29 is 9.53 Å². The molecule has 0 aliphatic carbocycles. The zero-order chi connectivity index (χ0) is 20.3. The van der Waals surface area contributed by atoms with Gasteiger partial charge in [0.05, 0.1) is 11.8 Å². The third-order valence-corrected chi connectivity index (χ3v) is 5.36. The summed E-state index contributed by atoms with van der Waals surface area (Å²) >= 11 is 7.64. The number of hydrogen-bond acceptors (Lipinski definition) is 4. The van der Waals surface area contributed by atoms with Gasteiger partial charge in [-0.15, -0.1) is 11.3 Å². The number of aromatic nitrogens is 2. The summed E-state index contributed by atoms with van der Waals surface area (Å²) in [6.45, 7) is 8.45. The lowest BCUT2D eigenvalue weighted by atomic mass is 10.1. The number of ether oxygens (including phenoxy) is 1. The van der Waals surface area contributed by atoms with E-state index in [2.05, 4.69) is 10.3 Å². The molecule has 5 nitrogen and oxygen atoms in total. The number of amides is 1. The van der Waals surface area contributed by atoms with E-state index >= 15 is 0 Å². The quantitative estimate of drug-likeness (QED) is 0.547. The van der Waals surface area contributed by atoms with Crippen molar-refractivity contribution in [3.63, 3.8) is 0 Å². The standard InChI is InChI=1S/C21H24ClN3O2S/c1-14(2)27-21(3,4)18-13-28-20(23-18)24-19(26)17-10-7-11-25(17)12-15-8-5-6-9-16(15)22/h5-11,13-14H,12H2,1-4H3,(H,23,24,26). The van der Waals surface area contributed by atoms with Crippen LogP contribution in [-0.4, -0.2) is 21.6 Å². The van der Waals surface area contributed by atoms with Crippen molar-refractivity contribution in [1.29, 1.82) is 0 Å². The number of hydrogen-bond donors (Lipinski definition) is 1. The number of carbonyl (C=O) groups excluding carboxylic acids is 1. The zero-order valence-corrected chi connectivity index (χ0v) is 18.0. The zero-order valence-electron chi connectivity index (χ0n) is 16.4. The Hall–Kier alpha value is -2.15. The number of nitrogens with zero attached hydrogens (tertiary/aromatic N) is 2. The molecule has 1 N–H and O–H groups in total. The highest BCUT2D eigenvalue weighted by Crippen LogP contribution is 2.29. The highest BCUT2D eigenvalue weighted by atomic mass is 35.5. The number of anilines is 1. The molecule has 7 heteroatoms. The Morgan fingerprint density at radius 2 is 2.04 bits per heavy atom. The monoisotopic (exact) mass is 417 g/mol. The second-order valence-electron chi connectivity index (χ2n) is 7.28. The lowest BCUT2D eigenvalue weighted by Gasteiger charge is -2.25. The van der Waals surface area contributed by atoms with E-state index in [-0.39, 0.29) is 12.0 Å². The summed E-state index contributed by atoms with van der Waals surface area (Å²) in [5.74, 6) is -0.208. The van der Waals surface area contributed by atoms with Gasteiger partial charge in [-0.3, -0.25) is 10.1 Å². The minimum Gasteiger partial charge on any atom is -0.367 e. The van der Waals surface area contributed by atoms with Crippen LogP contribution >= 0.6 is 22.9 Å². The first-order chi connectivity index (χ1) is 13.3. The Labute approximate surface area is 174 Å². The second-order valence-corrected chi connectivity index (χ2v) is 8.55. The maximum Gasteiger partial charge on any atom is 0.274 e. The van der Waals surface area contributed by atoms with E-state index in [4.69, 9.17) is 16.3 Å². The summed E-state index contributed by atoms with van der Waals surface area (Å²) in [4.78, 5) is 17.3. The van der Waals surface area contributed by atoms with E-state index in [9.17, 15) is 4.79 Å². The molecule has 0 spiro atoms. The van der Waals surface area contributed by atoms with Gasteiger partial charge in [-0.2, -0.15) is 0 Å². The van der Waals surface area contributed by atoms with Gasteiger partial charge in [-0.05, 0) is 51.5 Å². The van der Waals surface area contributed by atoms with Gasteiger partial charge in [0.1, 0.15) is 11.3 Å². The lowest BCUT2D eigenvalue weighted by molar-refractivity contribution is -0.0623. The van der Waals surface area contributed by atoms with Gasteiger partial charge >= 0.3 is 0 Å². The number of nitrogens with one attached hydrogen (secondary N) is 1. The molecule has 1 amide bonds. The molecule has 0 radical (unpaired) electrons. The maximum absolute atomic E-state index is 12.8. The molecule has 0 atom stereocenters. The summed E-state index contributed by atoms with van der Waals surface area (Å²) < 4.78 is 7.80. The van der Waals surface area contributed by atoms with Crippen LogP contribution in [0.5, 0.6) is 0 Å². The van der Waals surface area contributed by atoms with Crippen LogP contribution in [0.15, 0.2) is 48.0 Å². The SMILES string of the molecule is CC(C)OC(C)(C)c1csc(NC(=O)c2cccn2Cc2ccccc2Cl)n1. The molecule has 0 bridgehead atoms. The van der Waals surface area contributed by atoms with Gasteiger partial charge in [0.2, 0.25) is 0 Å². The molecule has 0 fully saturated rings. The molecule has 2 heterocycles. The third kappa shape index (κ3) is 4.82. The van der Waals surface area contributed by atoms with Crippen LogP contribution in [0.3, 0.4) is 0 Å².